The fraction of sp³-hybridized carbons (Fsp3) is 0.438. The van der Waals surface area contributed by atoms with Crippen molar-refractivity contribution in [3.8, 4) is 11.4 Å². The molecule has 9 heteroatoms. The van der Waals surface area contributed by atoms with Crippen molar-refractivity contribution in [2.75, 3.05) is 19.0 Å². The molecule has 0 bridgehead atoms. The summed E-state index contributed by atoms with van der Waals surface area (Å²) >= 11 is 1.17. The number of nitrogens with two attached hydrogens (primary N) is 1. The Morgan fingerprint density at radius 2 is 2.32 bits per heavy atom. The molecule has 1 saturated heterocycles. The summed E-state index contributed by atoms with van der Waals surface area (Å²) in [5.74, 6) is 5.64. The zero-order chi connectivity index (χ0) is 17.8. The number of hydrogen-bond donors (Lipinski definition) is 2. The van der Waals surface area contributed by atoms with Gasteiger partial charge in [-0.1, -0.05) is 23.9 Å². The number of benzene rings is 1. The van der Waals surface area contributed by atoms with E-state index in [4.69, 9.17) is 10.6 Å². The van der Waals surface area contributed by atoms with Gasteiger partial charge in [0.05, 0.1) is 16.9 Å². The van der Waals surface area contributed by atoms with E-state index in [1.54, 1.807) is 25.1 Å². The molecule has 1 fully saturated rings. The van der Waals surface area contributed by atoms with Crippen LogP contribution in [0.5, 0.6) is 0 Å². The van der Waals surface area contributed by atoms with Crippen LogP contribution in [0.15, 0.2) is 29.4 Å². The van der Waals surface area contributed by atoms with Crippen molar-refractivity contribution in [2.45, 2.75) is 36.3 Å². The van der Waals surface area contributed by atoms with Crippen LogP contribution in [-0.2, 0) is 9.53 Å². The molecule has 0 spiro atoms. The maximum Gasteiger partial charge on any atom is 0.233 e. The molecule has 2 heterocycles. The Bertz CT molecular complexity index is 748. The van der Waals surface area contributed by atoms with Gasteiger partial charge in [0.25, 0.3) is 0 Å². The van der Waals surface area contributed by atoms with E-state index >= 15 is 0 Å². The molecule has 0 unspecified atom stereocenters. The fourth-order valence-corrected chi connectivity index (χ4v) is 3.35. The van der Waals surface area contributed by atoms with Gasteiger partial charge >= 0.3 is 0 Å². The second kappa shape index (κ2) is 7.83. The van der Waals surface area contributed by atoms with Gasteiger partial charge in [0.1, 0.15) is 5.82 Å². The van der Waals surface area contributed by atoms with E-state index in [9.17, 15) is 9.18 Å². The molecule has 2 aromatic rings. The number of halogens is 1. The second-order valence-electron chi connectivity index (χ2n) is 5.80. The van der Waals surface area contributed by atoms with Crippen molar-refractivity contribution in [1.29, 1.82) is 0 Å². The van der Waals surface area contributed by atoms with E-state index < -0.39 is 11.1 Å². The molecular weight excluding hydrogens is 345 g/mol. The minimum absolute atomic E-state index is 0.0898. The summed E-state index contributed by atoms with van der Waals surface area (Å²) in [7, 11) is 0. The summed E-state index contributed by atoms with van der Waals surface area (Å²) in [5, 5.41) is 10.7. The van der Waals surface area contributed by atoms with Gasteiger partial charge in [0.2, 0.25) is 11.1 Å². The van der Waals surface area contributed by atoms with Crippen molar-refractivity contribution >= 4 is 17.7 Å². The van der Waals surface area contributed by atoms with Crippen LogP contribution in [0.25, 0.3) is 11.4 Å². The first-order valence-corrected chi connectivity index (χ1v) is 8.95. The lowest BCUT2D eigenvalue weighted by Crippen LogP contribution is -2.36. The highest BCUT2D eigenvalue weighted by atomic mass is 32.2. The molecule has 1 aromatic heterocycles. The predicted octanol–water partition coefficient (Wildman–Crippen LogP) is 1.57. The summed E-state index contributed by atoms with van der Waals surface area (Å²) < 4.78 is 20.6. The first-order chi connectivity index (χ1) is 12.1. The molecule has 1 aliphatic heterocycles. The van der Waals surface area contributed by atoms with Gasteiger partial charge in [-0.15, -0.1) is 10.2 Å². The topological polar surface area (TPSA) is 95.1 Å². The molecule has 1 aromatic carbocycles. The average molecular weight is 365 g/mol. The predicted molar refractivity (Wildman–Crippen MR) is 92.9 cm³/mol. The second-order valence-corrected chi connectivity index (χ2v) is 7.10. The van der Waals surface area contributed by atoms with Gasteiger partial charge in [0, 0.05) is 13.2 Å². The molecule has 134 valence electrons. The number of hydrogen-bond acceptors (Lipinski definition) is 6. The monoisotopic (exact) mass is 365 g/mol. The summed E-state index contributed by atoms with van der Waals surface area (Å²) in [6.45, 7) is 3.01. The normalized spacial score (nSPS) is 18.2. The number of amides is 1. The van der Waals surface area contributed by atoms with Crippen molar-refractivity contribution in [1.82, 2.24) is 20.2 Å². The Morgan fingerprint density at radius 1 is 1.52 bits per heavy atom. The SMILES string of the molecule is C[C@H](Sc1nnc(-c2ccccc2F)n1N)C(=O)NC[C@H]1CCCO1. The van der Waals surface area contributed by atoms with Crippen LogP contribution in [0.1, 0.15) is 19.8 Å². The van der Waals surface area contributed by atoms with E-state index in [0.29, 0.717) is 11.7 Å². The van der Waals surface area contributed by atoms with Gasteiger partial charge in [-0.25, -0.2) is 9.07 Å². The van der Waals surface area contributed by atoms with Gasteiger partial charge < -0.3 is 15.9 Å². The summed E-state index contributed by atoms with van der Waals surface area (Å²) in [6.07, 6.45) is 2.08. The number of aromatic nitrogens is 3. The Balaban J connectivity index is 1.62. The van der Waals surface area contributed by atoms with Crippen LogP contribution in [0.2, 0.25) is 0 Å². The third-order valence-electron chi connectivity index (χ3n) is 3.96. The number of nitrogens with one attached hydrogen (secondary N) is 1. The van der Waals surface area contributed by atoms with Crippen LogP contribution in [-0.4, -0.2) is 45.3 Å². The summed E-state index contributed by atoms with van der Waals surface area (Å²) in [6, 6.07) is 6.19. The first-order valence-electron chi connectivity index (χ1n) is 8.07. The highest BCUT2D eigenvalue weighted by Crippen LogP contribution is 2.26. The largest absolute Gasteiger partial charge is 0.376 e. The Labute approximate surface area is 149 Å². The van der Waals surface area contributed by atoms with Crippen molar-refractivity contribution in [3.05, 3.63) is 30.1 Å². The van der Waals surface area contributed by atoms with Gasteiger partial charge in [-0.3, -0.25) is 4.79 Å². The molecule has 0 radical (unpaired) electrons. The highest BCUT2D eigenvalue weighted by molar-refractivity contribution is 8.00. The number of rotatable bonds is 6. The Hall–Kier alpha value is -2.13. The Kier molecular flexibility index (Phi) is 5.54. The van der Waals surface area contributed by atoms with Crippen molar-refractivity contribution < 1.29 is 13.9 Å². The number of carbonyl (C=O) groups is 1. The maximum atomic E-state index is 13.9. The smallest absolute Gasteiger partial charge is 0.233 e. The molecule has 1 aliphatic rings. The van der Waals surface area contributed by atoms with Crippen LogP contribution < -0.4 is 11.2 Å². The van der Waals surface area contributed by atoms with Gasteiger partial charge in [0.15, 0.2) is 5.82 Å². The number of nitrogen functional groups attached to an aromatic ring is 1. The molecule has 0 saturated carbocycles. The molecule has 2 atom stereocenters. The van der Waals surface area contributed by atoms with E-state index in [1.807, 2.05) is 0 Å². The quantitative estimate of drug-likeness (QED) is 0.596. The third-order valence-corrected chi connectivity index (χ3v) is 5.02. The lowest BCUT2D eigenvalue weighted by molar-refractivity contribution is -0.120. The average Bonchev–Trinajstić information content (AvgIpc) is 3.24. The van der Waals surface area contributed by atoms with Crippen LogP contribution in [0, 0.1) is 5.82 Å². The highest BCUT2D eigenvalue weighted by Gasteiger charge is 2.22. The number of thioether (sulfide) groups is 1. The van der Waals surface area contributed by atoms with Crippen molar-refractivity contribution in [3.63, 3.8) is 0 Å². The standard InChI is InChI=1S/C16H20FN5O2S/c1-10(15(23)19-9-11-5-4-8-24-11)25-16-21-20-14(22(16)18)12-6-2-3-7-13(12)17/h2-3,6-7,10-11H,4-5,8-9,18H2,1H3,(H,19,23)/t10-,11+/m0/s1. The zero-order valence-corrected chi connectivity index (χ0v) is 14.6. The van der Waals surface area contributed by atoms with Crippen LogP contribution >= 0.6 is 11.8 Å². The van der Waals surface area contributed by atoms with E-state index in [-0.39, 0.29) is 23.4 Å². The molecule has 7 nitrogen and oxygen atoms in total. The number of carbonyl (C=O) groups excluding carboxylic acids is 1. The minimum Gasteiger partial charge on any atom is -0.376 e. The molecule has 3 N–H and O–H groups in total. The Morgan fingerprint density at radius 3 is 3.04 bits per heavy atom. The molecular formula is C16H20FN5O2S. The van der Waals surface area contributed by atoms with Gasteiger partial charge in [-0.2, -0.15) is 0 Å². The van der Waals surface area contributed by atoms with E-state index in [1.165, 1.54) is 22.5 Å². The van der Waals surface area contributed by atoms with Crippen molar-refractivity contribution in [2.24, 2.45) is 0 Å². The molecule has 25 heavy (non-hydrogen) atoms. The molecule has 1 amide bonds. The minimum atomic E-state index is -0.430. The van der Waals surface area contributed by atoms with E-state index in [2.05, 4.69) is 15.5 Å². The first kappa shape index (κ1) is 17.7. The maximum absolute atomic E-state index is 13.9. The van der Waals surface area contributed by atoms with Gasteiger partial charge in [-0.05, 0) is 31.9 Å². The summed E-state index contributed by atoms with van der Waals surface area (Å²) in [4.78, 5) is 12.2. The lowest BCUT2D eigenvalue weighted by Gasteiger charge is -2.14. The lowest BCUT2D eigenvalue weighted by atomic mass is 10.2. The van der Waals surface area contributed by atoms with Crippen LogP contribution in [0.3, 0.4) is 0 Å². The molecule has 3 rings (SSSR count). The zero-order valence-electron chi connectivity index (χ0n) is 13.8. The third kappa shape index (κ3) is 4.10. The number of ether oxygens (including phenoxy) is 1. The molecule has 0 aliphatic carbocycles. The van der Waals surface area contributed by atoms with E-state index in [0.717, 1.165) is 19.4 Å². The summed E-state index contributed by atoms with van der Waals surface area (Å²) in [5.41, 5.74) is 0.264. The fourth-order valence-electron chi connectivity index (χ4n) is 2.56. The number of nitrogens with zero attached hydrogens (tertiary/aromatic N) is 3. The van der Waals surface area contributed by atoms with Crippen LogP contribution in [0.4, 0.5) is 4.39 Å².